The molecule has 0 bridgehead atoms. The normalized spacial score (nSPS) is 22.8. The Labute approximate surface area is 201 Å². The van der Waals surface area contributed by atoms with E-state index in [1.807, 2.05) is 0 Å². The van der Waals surface area contributed by atoms with Crippen LogP contribution in [0, 0.1) is 11.2 Å². The van der Waals surface area contributed by atoms with Gasteiger partial charge >= 0.3 is 6.03 Å². The molecular weight excluding hydrogens is 477 g/mol. The fourth-order valence-electron chi connectivity index (χ4n) is 5.52. The number of carbonyl (C=O) groups excluding carboxylic acids is 4. The van der Waals surface area contributed by atoms with Gasteiger partial charge in [-0.15, -0.1) is 0 Å². The van der Waals surface area contributed by atoms with Gasteiger partial charge in [0.25, 0.3) is 5.91 Å². The smallest absolute Gasteiger partial charge is 0.328 e. The average molecular weight is 497 g/mol. The van der Waals surface area contributed by atoms with Crippen LogP contribution in [0.4, 0.5) is 14.9 Å². The van der Waals surface area contributed by atoms with Gasteiger partial charge in [0.2, 0.25) is 23.2 Å². The molecule has 186 valence electrons. The number of ether oxygens (including phenoxy) is 1. The first-order chi connectivity index (χ1) is 17.3. The number of barbiturate groups is 1. The molecule has 3 aliphatic rings. The number of halogens is 1. The Morgan fingerprint density at radius 3 is 2.75 bits per heavy atom. The third-order valence-electron chi connectivity index (χ3n) is 7.05. The number of nitrogens with zero attached hydrogens (tertiary/aromatic N) is 4. The number of carbonyl (C=O) groups is 4. The van der Waals surface area contributed by atoms with Crippen LogP contribution in [0.15, 0.2) is 23.0 Å². The van der Waals surface area contributed by atoms with E-state index in [1.54, 1.807) is 17.9 Å². The van der Waals surface area contributed by atoms with E-state index in [4.69, 9.17) is 9.26 Å². The monoisotopic (exact) mass is 497 g/mol. The number of amides is 5. The quantitative estimate of drug-likeness (QED) is 0.415. The van der Waals surface area contributed by atoms with Crippen molar-refractivity contribution in [3.05, 3.63) is 35.4 Å². The zero-order valence-electron chi connectivity index (χ0n) is 19.1. The van der Waals surface area contributed by atoms with Gasteiger partial charge in [0, 0.05) is 26.2 Å². The fraction of sp³-hybridized carbons (Fsp3) is 0.364. The van der Waals surface area contributed by atoms with Crippen molar-refractivity contribution in [1.29, 1.82) is 0 Å². The molecule has 14 heteroatoms. The summed E-state index contributed by atoms with van der Waals surface area (Å²) in [5.41, 5.74) is -1.08. The molecule has 5 amide bonds. The second kappa shape index (κ2) is 7.58. The van der Waals surface area contributed by atoms with Gasteiger partial charge in [0.05, 0.1) is 41.6 Å². The highest BCUT2D eigenvalue weighted by molar-refractivity contribution is 6.20. The number of urea groups is 1. The number of aromatic nitrogens is 3. The summed E-state index contributed by atoms with van der Waals surface area (Å²) in [5.74, 6) is -2.50. The predicted octanol–water partition coefficient (Wildman–Crippen LogP) is 0.0144. The van der Waals surface area contributed by atoms with Crippen LogP contribution in [0.1, 0.15) is 22.8 Å². The molecule has 3 N–H and O–H groups in total. The maximum absolute atomic E-state index is 16.0. The van der Waals surface area contributed by atoms with Crippen molar-refractivity contribution in [3.63, 3.8) is 0 Å². The Morgan fingerprint density at radius 1 is 1.28 bits per heavy atom. The zero-order valence-corrected chi connectivity index (χ0v) is 19.1. The first-order valence-electron chi connectivity index (χ1n) is 11.2. The number of fused-ring (bicyclic) bond motifs is 5. The fourth-order valence-corrected chi connectivity index (χ4v) is 5.52. The van der Waals surface area contributed by atoms with Crippen molar-refractivity contribution >= 4 is 40.4 Å². The lowest BCUT2D eigenvalue weighted by Gasteiger charge is -2.54. The van der Waals surface area contributed by atoms with E-state index in [1.165, 1.54) is 24.1 Å². The molecule has 5 heterocycles. The Hall–Kier alpha value is -4.33. The highest BCUT2D eigenvalue weighted by Gasteiger charge is 2.62. The highest BCUT2D eigenvalue weighted by atomic mass is 19.1. The van der Waals surface area contributed by atoms with E-state index in [0.717, 1.165) is 0 Å². The van der Waals surface area contributed by atoms with E-state index in [9.17, 15) is 19.2 Å². The molecule has 0 unspecified atom stereocenters. The van der Waals surface area contributed by atoms with Crippen LogP contribution in [-0.4, -0.2) is 71.0 Å². The number of rotatable bonds is 2. The van der Waals surface area contributed by atoms with Crippen LogP contribution >= 0.6 is 0 Å². The van der Waals surface area contributed by atoms with Gasteiger partial charge in [-0.2, -0.15) is 5.10 Å². The maximum Gasteiger partial charge on any atom is 0.328 e. The predicted molar refractivity (Wildman–Crippen MR) is 119 cm³/mol. The van der Waals surface area contributed by atoms with E-state index >= 15 is 4.39 Å². The molecule has 2 saturated heterocycles. The topological polar surface area (TPSA) is 161 Å². The molecular formula is C22H20FN7O6. The molecule has 0 aliphatic carbocycles. The molecule has 36 heavy (non-hydrogen) atoms. The van der Waals surface area contributed by atoms with Crippen LogP contribution in [0.3, 0.4) is 0 Å². The lowest BCUT2D eigenvalue weighted by Crippen LogP contribution is -2.74. The maximum atomic E-state index is 16.0. The van der Waals surface area contributed by atoms with Crippen molar-refractivity contribution in [3.8, 4) is 5.82 Å². The largest absolute Gasteiger partial charge is 0.374 e. The van der Waals surface area contributed by atoms with Crippen molar-refractivity contribution in [2.24, 2.45) is 5.41 Å². The van der Waals surface area contributed by atoms with E-state index < -0.39 is 41.2 Å². The third-order valence-corrected chi connectivity index (χ3v) is 7.05. The number of nitrogens with one attached hydrogen (secondary N) is 3. The SMILES string of the molecule is CNC(=O)c1cnn(-c2noc3c(F)c4c(cc23)CC2(C(=O)NC(=O)NC2=O)[C@H]2[C@H](C)OCCN42)c1. The van der Waals surface area contributed by atoms with Crippen molar-refractivity contribution in [2.45, 2.75) is 25.5 Å². The first-order valence-corrected chi connectivity index (χ1v) is 11.2. The van der Waals surface area contributed by atoms with Crippen LogP contribution < -0.4 is 20.9 Å². The molecule has 2 aromatic heterocycles. The number of anilines is 1. The lowest BCUT2D eigenvalue weighted by molar-refractivity contribution is -0.151. The lowest BCUT2D eigenvalue weighted by atomic mass is 9.66. The van der Waals surface area contributed by atoms with Crippen LogP contribution in [0.2, 0.25) is 0 Å². The minimum atomic E-state index is -1.74. The van der Waals surface area contributed by atoms with Crippen LogP contribution in [0.25, 0.3) is 16.8 Å². The Morgan fingerprint density at radius 2 is 2.03 bits per heavy atom. The van der Waals surface area contributed by atoms with Gasteiger partial charge in [0.15, 0.2) is 11.2 Å². The van der Waals surface area contributed by atoms with Gasteiger partial charge in [-0.3, -0.25) is 25.0 Å². The summed E-state index contributed by atoms with van der Waals surface area (Å²) >= 11 is 0. The Bertz CT molecular complexity index is 1460. The van der Waals surface area contributed by atoms with E-state index in [0.29, 0.717) is 5.56 Å². The number of hydrogen-bond acceptors (Lipinski definition) is 9. The standard InChI is InChI=1S/C22H20FN7O6/c1-9-16-22(19(32)26-21(34)27-20(22)33)6-10-5-12-15(13(23)14(10)29(16)3-4-35-9)36-28-17(12)30-8-11(7-25-30)18(31)24-2/h5,7-9,16H,3-4,6H2,1-2H3,(H,24,31)(H2,26,27,32,33,34)/t9-,16+/m0/s1. The summed E-state index contributed by atoms with van der Waals surface area (Å²) < 4.78 is 28.4. The summed E-state index contributed by atoms with van der Waals surface area (Å²) in [7, 11) is 1.48. The van der Waals surface area contributed by atoms with E-state index in [-0.39, 0.29) is 53.5 Å². The van der Waals surface area contributed by atoms with Crippen molar-refractivity contribution in [2.75, 3.05) is 25.1 Å². The Kier molecular flexibility index (Phi) is 4.67. The van der Waals surface area contributed by atoms with Gasteiger partial charge in [0.1, 0.15) is 0 Å². The molecule has 1 spiro atoms. The van der Waals surface area contributed by atoms with Gasteiger partial charge in [-0.05, 0) is 18.6 Å². The summed E-state index contributed by atoms with van der Waals surface area (Å²) in [4.78, 5) is 51.9. The van der Waals surface area contributed by atoms with Gasteiger partial charge in [-0.25, -0.2) is 13.9 Å². The molecule has 13 nitrogen and oxygen atoms in total. The summed E-state index contributed by atoms with van der Waals surface area (Å²) in [5, 5.41) is 15.2. The molecule has 2 atom stereocenters. The zero-order chi connectivity index (χ0) is 25.4. The molecule has 1 aromatic carbocycles. The van der Waals surface area contributed by atoms with Gasteiger partial charge in [-0.1, -0.05) is 5.16 Å². The number of hydrogen-bond donors (Lipinski definition) is 3. The highest BCUT2D eigenvalue weighted by Crippen LogP contribution is 2.48. The molecule has 3 aromatic rings. The van der Waals surface area contributed by atoms with Crippen molar-refractivity contribution in [1.82, 2.24) is 30.9 Å². The molecule has 6 rings (SSSR count). The number of morpholine rings is 1. The third kappa shape index (κ3) is 2.84. The molecule has 2 fully saturated rings. The average Bonchev–Trinajstić information content (AvgIpc) is 3.49. The molecule has 0 saturated carbocycles. The Balaban J connectivity index is 1.55. The van der Waals surface area contributed by atoms with Crippen LogP contribution in [-0.2, 0) is 20.7 Å². The first kappa shape index (κ1) is 22.2. The summed E-state index contributed by atoms with van der Waals surface area (Å²) in [6, 6.07) is -0.191. The second-order valence-electron chi connectivity index (χ2n) is 8.93. The molecule has 3 aliphatic heterocycles. The second-order valence-corrected chi connectivity index (χ2v) is 8.93. The number of imide groups is 2. The summed E-state index contributed by atoms with van der Waals surface area (Å²) in [6.45, 7) is 2.14. The summed E-state index contributed by atoms with van der Waals surface area (Å²) in [6.07, 6.45) is 1.94. The van der Waals surface area contributed by atoms with E-state index in [2.05, 4.69) is 26.2 Å². The van der Waals surface area contributed by atoms with Crippen molar-refractivity contribution < 1.29 is 32.8 Å². The van der Waals surface area contributed by atoms with Crippen LogP contribution in [0.5, 0.6) is 0 Å². The minimum absolute atomic E-state index is 0.126. The molecule has 0 radical (unpaired) electrons. The number of benzene rings is 1. The minimum Gasteiger partial charge on any atom is -0.374 e. The van der Waals surface area contributed by atoms with Gasteiger partial charge < -0.3 is 19.5 Å².